The van der Waals surface area contributed by atoms with Crippen molar-refractivity contribution in [1.29, 1.82) is 0 Å². The third-order valence-electron chi connectivity index (χ3n) is 1.86. The summed E-state index contributed by atoms with van der Waals surface area (Å²) in [6, 6.07) is 0.973. The molecule has 3 nitrogen and oxygen atoms in total. The van der Waals surface area contributed by atoms with Gasteiger partial charge >= 0.3 is 0 Å². The Labute approximate surface area is 84.4 Å². The molecule has 0 radical (unpaired) electrons. The highest BCUT2D eigenvalue weighted by Gasteiger charge is 2.11. The first-order chi connectivity index (χ1) is 6.77. The van der Waals surface area contributed by atoms with Gasteiger partial charge in [0.05, 0.1) is 23.4 Å². The van der Waals surface area contributed by atoms with Crippen molar-refractivity contribution >= 4 is 11.3 Å². The topological polar surface area (TPSA) is 51.8 Å². The minimum atomic E-state index is -0.399. The maximum absolute atomic E-state index is 12.8. The van der Waals surface area contributed by atoms with Gasteiger partial charge in [0.15, 0.2) is 0 Å². The Kier molecular flexibility index (Phi) is 2.51. The molecular formula is C9H8FN3S. The standard InChI is InChI=1S/C9H8FN3S/c10-7-1-6(2-12-3-7)9(11)8-4-14-5-13-8/h1-5,9H,11H2. The molecule has 0 aliphatic rings. The van der Waals surface area contributed by atoms with Gasteiger partial charge < -0.3 is 5.73 Å². The molecule has 0 aliphatic heterocycles. The first-order valence-electron chi connectivity index (χ1n) is 4.01. The van der Waals surface area contributed by atoms with E-state index in [4.69, 9.17) is 5.73 Å². The molecule has 1 unspecified atom stereocenters. The van der Waals surface area contributed by atoms with Gasteiger partial charge in [0.25, 0.3) is 0 Å². The predicted molar refractivity (Wildman–Crippen MR) is 52.3 cm³/mol. The molecule has 0 spiro atoms. The van der Waals surface area contributed by atoms with Gasteiger partial charge in [-0.05, 0) is 11.6 Å². The Morgan fingerprint density at radius 3 is 2.93 bits per heavy atom. The fraction of sp³-hybridized carbons (Fsp3) is 0.111. The van der Waals surface area contributed by atoms with Crippen LogP contribution in [0.4, 0.5) is 4.39 Å². The summed E-state index contributed by atoms with van der Waals surface area (Å²) < 4.78 is 12.8. The molecule has 2 aromatic heterocycles. The van der Waals surface area contributed by atoms with Crippen LogP contribution >= 0.6 is 11.3 Å². The predicted octanol–water partition coefficient (Wildman–Crippen LogP) is 1.73. The maximum atomic E-state index is 12.8. The summed E-state index contributed by atoms with van der Waals surface area (Å²) in [6.45, 7) is 0. The molecule has 2 heterocycles. The first-order valence-corrected chi connectivity index (χ1v) is 4.96. The molecule has 72 valence electrons. The van der Waals surface area contributed by atoms with Crippen LogP contribution in [0.2, 0.25) is 0 Å². The van der Waals surface area contributed by atoms with Gasteiger partial charge in [-0.3, -0.25) is 4.98 Å². The summed E-state index contributed by atoms with van der Waals surface area (Å²) in [5.74, 6) is -0.381. The lowest BCUT2D eigenvalue weighted by molar-refractivity contribution is 0.616. The Balaban J connectivity index is 2.32. The Morgan fingerprint density at radius 1 is 1.43 bits per heavy atom. The average Bonchev–Trinajstić information content (AvgIpc) is 2.69. The lowest BCUT2D eigenvalue weighted by atomic mass is 10.1. The van der Waals surface area contributed by atoms with Gasteiger partial charge in [0.2, 0.25) is 0 Å². The van der Waals surface area contributed by atoms with Crippen molar-refractivity contribution in [3.63, 3.8) is 0 Å². The van der Waals surface area contributed by atoms with E-state index in [0.717, 1.165) is 11.9 Å². The van der Waals surface area contributed by atoms with E-state index in [9.17, 15) is 4.39 Å². The molecule has 2 N–H and O–H groups in total. The van der Waals surface area contributed by atoms with Crippen molar-refractivity contribution < 1.29 is 4.39 Å². The number of nitrogens with zero attached hydrogens (tertiary/aromatic N) is 2. The van der Waals surface area contributed by atoms with Crippen molar-refractivity contribution in [2.75, 3.05) is 0 Å². The first kappa shape index (κ1) is 9.23. The molecule has 14 heavy (non-hydrogen) atoms. The summed E-state index contributed by atoms with van der Waals surface area (Å²) in [5.41, 5.74) is 8.94. The van der Waals surface area contributed by atoms with Crippen molar-refractivity contribution in [2.24, 2.45) is 5.73 Å². The summed E-state index contributed by atoms with van der Waals surface area (Å²) in [6.07, 6.45) is 2.70. The molecule has 0 saturated carbocycles. The average molecular weight is 209 g/mol. The normalized spacial score (nSPS) is 12.7. The summed E-state index contributed by atoms with van der Waals surface area (Å²) in [5, 5.41) is 1.84. The van der Waals surface area contributed by atoms with E-state index >= 15 is 0 Å². The van der Waals surface area contributed by atoms with Crippen LogP contribution in [0.1, 0.15) is 17.3 Å². The lowest BCUT2D eigenvalue weighted by Gasteiger charge is -2.07. The highest BCUT2D eigenvalue weighted by molar-refractivity contribution is 7.07. The van der Waals surface area contributed by atoms with Gasteiger partial charge in [-0.1, -0.05) is 0 Å². The van der Waals surface area contributed by atoms with Crippen molar-refractivity contribution in [3.05, 3.63) is 46.4 Å². The summed E-state index contributed by atoms with van der Waals surface area (Å²) in [7, 11) is 0. The van der Waals surface area contributed by atoms with Crippen LogP contribution in [-0.2, 0) is 0 Å². The second-order valence-corrected chi connectivity index (χ2v) is 3.55. The van der Waals surface area contributed by atoms with Crippen molar-refractivity contribution in [3.8, 4) is 0 Å². The van der Waals surface area contributed by atoms with Crippen LogP contribution in [0.25, 0.3) is 0 Å². The Bertz CT molecular complexity index is 416. The quantitative estimate of drug-likeness (QED) is 0.819. The molecule has 0 saturated heterocycles. The zero-order valence-corrected chi connectivity index (χ0v) is 8.04. The zero-order valence-electron chi connectivity index (χ0n) is 7.22. The lowest BCUT2D eigenvalue weighted by Crippen LogP contribution is -2.12. The molecule has 1 atom stereocenters. The van der Waals surface area contributed by atoms with Crippen molar-refractivity contribution in [1.82, 2.24) is 9.97 Å². The van der Waals surface area contributed by atoms with E-state index < -0.39 is 6.04 Å². The number of hydrogen-bond donors (Lipinski definition) is 1. The van der Waals surface area contributed by atoms with E-state index in [2.05, 4.69) is 9.97 Å². The minimum Gasteiger partial charge on any atom is -0.319 e. The van der Waals surface area contributed by atoms with E-state index in [1.165, 1.54) is 17.4 Å². The van der Waals surface area contributed by atoms with Crippen LogP contribution < -0.4 is 5.73 Å². The van der Waals surface area contributed by atoms with Gasteiger partial charge in [0.1, 0.15) is 5.82 Å². The van der Waals surface area contributed by atoms with Crippen LogP contribution in [0.3, 0.4) is 0 Å². The van der Waals surface area contributed by atoms with Gasteiger partial charge in [-0.15, -0.1) is 11.3 Å². The molecule has 5 heteroatoms. The molecule has 0 bridgehead atoms. The fourth-order valence-electron chi connectivity index (χ4n) is 1.14. The fourth-order valence-corrected chi connectivity index (χ4v) is 1.73. The number of pyridine rings is 1. The third-order valence-corrected chi connectivity index (χ3v) is 2.46. The third kappa shape index (κ3) is 1.78. The molecular weight excluding hydrogens is 201 g/mol. The molecule has 0 fully saturated rings. The van der Waals surface area contributed by atoms with Crippen LogP contribution in [0.15, 0.2) is 29.4 Å². The Hall–Kier alpha value is -1.33. The number of aromatic nitrogens is 2. The molecule has 0 amide bonds. The number of thiazole rings is 1. The number of rotatable bonds is 2. The van der Waals surface area contributed by atoms with Crippen LogP contribution in [0, 0.1) is 5.82 Å². The molecule has 2 rings (SSSR count). The number of hydrogen-bond acceptors (Lipinski definition) is 4. The zero-order chi connectivity index (χ0) is 9.97. The highest BCUT2D eigenvalue weighted by atomic mass is 32.1. The SMILES string of the molecule is NC(c1cncc(F)c1)c1cscn1. The number of nitrogens with two attached hydrogens (primary N) is 1. The monoisotopic (exact) mass is 209 g/mol. The molecule has 2 aromatic rings. The highest BCUT2D eigenvalue weighted by Crippen LogP contribution is 2.18. The largest absolute Gasteiger partial charge is 0.319 e. The summed E-state index contributed by atoms with van der Waals surface area (Å²) in [4.78, 5) is 7.80. The van der Waals surface area contributed by atoms with Crippen LogP contribution in [0.5, 0.6) is 0 Å². The van der Waals surface area contributed by atoms with Crippen LogP contribution in [-0.4, -0.2) is 9.97 Å². The summed E-state index contributed by atoms with van der Waals surface area (Å²) >= 11 is 1.46. The van der Waals surface area contributed by atoms with Crippen molar-refractivity contribution in [2.45, 2.75) is 6.04 Å². The second-order valence-electron chi connectivity index (χ2n) is 2.83. The second kappa shape index (κ2) is 3.81. The van der Waals surface area contributed by atoms with E-state index in [-0.39, 0.29) is 5.82 Å². The molecule has 0 aromatic carbocycles. The molecule has 0 aliphatic carbocycles. The van der Waals surface area contributed by atoms with Gasteiger partial charge in [-0.25, -0.2) is 9.37 Å². The van der Waals surface area contributed by atoms with Gasteiger partial charge in [0, 0.05) is 11.6 Å². The Morgan fingerprint density at radius 2 is 2.29 bits per heavy atom. The maximum Gasteiger partial charge on any atom is 0.141 e. The van der Waals surface area contributed by atoms with E-state index in [0.29, 0.717) is 5.56 Å². The van der Waals surface area contributed by atoms with E-state index in [1.54, 1.807) is 11.7 Å². The smallest absolute Gasteiger partial charge is 0.141 e. The number of halogens is 1. The van der Waals surface area contributed by atoms with Gasteiger partial charge in [-0.2, -0.15) is 0 Å². The minimum absolute atomic E-state index is 0.381. The van der Waals surface area contributed by atoms with E-state index in [1.807, 2.05) is 5.38 Å².